The van der Waals surface area contributed by atoms with E-state index in [1.807, 2.05) is 24.8 Å². The number of aromatic nitrogens is 3. The second kappa shape index (κ2) is 11.2. The van der Waals surface area contributed by atoms with Crippen molar-refractivity contribution in [3.63, 3.8) is 0 Å². The molecule has 0 atom stereocenters. The van der Waals surface area contributed by atoms with E-state index < -0.39 is 0 Å². The number of aromatic amines is 1. The van der Waals surface area contributed by atoms with Crippen LogP contribution >= 0.6 is 0 Å². The molecule has 0 aliphatic heterocycles. The van der Waals surface area contributed by atoms with E-state index in [1.54, 1.807) is 0 Å². The summed E-state index contributed by atoms with van der Waals surface area (Å²) in [7, 11) is 0. The van der Waals surface area contributed by atoms with Crippen molar-refractivity contribution >= 4 is 32.6 Å². The molecule has 0 bridgehead atoms. The molecule has 9 aromatic rings. The smallest absolute Gasteiger partial charge is 0.0477 e. The Labute approximate surface area is 272 Å². The van der Waals surface area contributed by atoms with Crippen molar-refractivity contribution < 1.29 is 0 Å². The van der Waals surface area contributed by atoms with Gasteiger partial charge in [-0.1, -0.05) is 97.1 Å². The van der Waals surface area contributed by atoms with Gasteiger partial charge in [0.05, 0.1) is 0 Å². The SMILES string of the molecule is c1ccc(-c2cccc3c(-c4cccc(-c5ccncc5)c4)cc4[nH]c5cc(-c6cccc(-c7ccncc7)c6)ccc5c4c23)cc1. The molecule has 0 aliphatic rings. The van der Waals surface area contributed by atoms with Gasteiger partial charge in [-0.15, -0.1) is 0 Å². The molecule has 0 spiro atoms. The van der Waals surface area contributed by atoms with Crippen LogP contribution in [-0.2, 0) is 0 Å². The largest absolute Gasteiger partial charge is 0.354 e. The summed E-state index contributed by atoms with van der Waals surface area (Å²) in [6.07, 6.45) is 7.39. The van der Waals surface area contributed by atoms with E-state index in [0.29, 0.717) is 0 Å². The fraction of sp³-hybridized carbons (Fsp3) is 0. The third kappa shape index (κ3) is 4.77. The summed E-state index contributed by atoms with van der Waals surface area (Å²) in [5, 5.41) is 4.97. The molecule has 3 heteroatoms. The van der Waals surface area contributed by atoms with Gasteiger partial charge in [0.15, 0.2) is 0 Å². The molecule has 0 saturated carbocycles. The van der Waals surface area contributed by atoms with Gasteiger partial charge in [0.25, 0.3) is 0 Å². The Bertz CT molecular complexity index is 2550. The van der Waals surface area contributed by atoms with Crippen LogP contribution in [0.3, 0.4) is 0 Å². The first-order chi connectivity index (χ1) is 23.3. The zero-order valence-electron chi connectivity index (χ0n) is 25.6. The van der Waals surface area contributed by atoms with Crippen LogP contribution in [-0.4, -0.2) is 15.0 Å². The number of H-pyrrole nitrogens is 1. The predicted molar refractivity (Wildman–Crippen MR) is 196 cm³/mol. The van der Waals surface area contributed by atoms with Crippen LogP contribution in [0.1, 0.15) is 0 Å². The van der Waals surface area contributed by atoms with Crippen molar-refractivity contribution in [2.75, 3.05) is 0 Å². The minimum Gasteiger partial charge on any atom is -0.354 e. The second-order valence-electron chi connectivity index (χ2n) is 12.0. The van der Waals surface area contributed by atoms with Crippen LogP contribution in [0, 0.1) is 0 Å². The quantitative estimate of drug-likeness (QED) is 0.214. The lowest BCUT2D eigenvalue weighted by Gasteiger charge is -2.14. The summed E-state index contributed by atoms with van der Waals surface area (Å²) >= 11 is 0. The number of hydrogen-bond donors (Lipinski definition) is 1. The fourth-order valence-electron chi connectivity index (χ4n) is 6.97. The summed E-state index contributed by atoms with van der Waals surface area (Å²) in [6.45, 7) is 0. The van der Waals surface area contributed by atoms with E-state index in [-0.39, 0.29) is 0 Å². The summed E-state index contributed by atoms with van der Waals surface area (Å²) in [5.41, 5.74) is 14.1. The zero-order chi connectivity index (χ0) is 31.2. The minimum atomic E-state index is 1.12. The highest BCUT2D eigenvalue weighted by Crippen LogP contribution is 2.44. The summed E-state index contributed by atoms with van der Waals surface area (Å²) in [4.78, 5) is 12.3. The van der Waals surface area contributed by atoms with Crippen LogP contribution in [0.25, 0.3) is 88.2 Å². The Morgan fingerprint density at radius 2 is 0.894 bits per heavy atom. The molecule has 0 radical (unpaired) electrons. The molecule has 3 heterocycles. The lowest BCUT2D eigenvalue weighted by molar-refractivity contribution is 1.33. The molecule has 0 fully saturated rings. The first-order valence-electron chi connectivity index (χ1n) is 15.9. The molecule has 0 unspecified atom stereocenters. The number of hydrogen-bond acceptors (Lipinski definition) is 2. The van der Waals surface area contributed by atoms with Crippen LogP contribution in [0.5, 0.6) is 0 Å². The van der Waals surface area contributed by atoms with E-state index >= 15 is 0 Å². The van der Waals surface area contributed by atoms with Crippen LogP contribution in [0.2, 0.25) is 0 Å². The molecule has 0 aliphatic carbocycles. The Morgan fingerprint density at radius 1 is 0.319 bits per heavy atom. The van der Waals surface area contributed by atoms with Gasteiger partial charge in [-0.3, -0.25) is 9.97 Å². The third-order valence-electron chi connectivity index (χ3n) is 9.20. The van der Waals surface area contributed by atoms with Crippen LogP contribution < -0.4 is 0 Å². The van der Waals surface area contributed by atoms with E-state index in [1.165, 1.54) is 66.1 Å². The number of fused-ring (bicyclic) bond motifs is 5. The zero-order valence-corrected chi connectivity index (χ0v) is 25.6. The highest BCUT2D eigenvalue weighted by molar-refractivity contribution is 6.27. The summed E-state index contributed by atoms with van der Waals surface area (Å²) < 4.78 is 0. The van der Waals surface area contributed by atoms with Gasteiger partial charge in [0, 0.05) is 52.0 Å². The van der Waals surface area contributed by atoms with E-state index in [0.717, 1.165) is 22.2 Å². The maximum Gasteiger partial charge on any atom is 0.0477 e. The predicted octanol–water partition coefficient (Wildman–Crippen LogP) is 11.6. The fourth-order valence-corrected chi connectivity index (χ4v) is 6.97. The number of rotatable bonds is 5. The van der Waals surface area contributed by atoms with E-state index in [4.69, 9.17) is 0 Å². The van der Waals surface area contributed by atoms with Gasteiger partial charge in [0.1, 0.15) is 0 Å². The molecule has 1 N–H and O–H groups in total. The molecular formula is C44H29N3. The summed E-state index contributed by atoms with van der Waals surface area (Å²) in [5.74, 6) is 0. The highest BCUT2D eigenvalue weighted by atomic mass is 14.7. The van der Waals surface area contributed by atoms with Crippen molar-refractivity contribution in [2.24, 2.45) is 0 Å². The molecule has 47 heavy (non-hydrogen) atoms. The van der Waals surface area contributed by atoms with Crippen LogP contribution in [0.4, 0.5) is 0 Å². The average molecular weight is 600 g/mol. The molecule has 220 valence electrons. The maximum atomic E-state index is 4.22. The molecule has 3 nitrogen and oxygen atoms in total. The minimum absolute atomic E-state index is 1.12. The van der Waals surface area contributed by atoms with Gasteiger partial charge in [0.2, 0.25) is 0 Å². The highest BCUT2D eigenvalue weighted by Gasteiger charge is 2.18. The summed E-state index contributed by atoms with van der Waals surface area (Å²) in [6, 6.07) is 52.4. The molecule has 9 rings (SSSR count). The molecule has 0 amide bonds. The monoisotopic (exact) mass is 599 g/mol. The van der Waals surface area contributed by atoms with Crippen molar-refractivity contribution in [3.05, 3.63) is 170 Å². The van der Waals surface area contributed by atoms with Crippen molar-refractivity contribution in [2.45, 2.75) is 0 Å². The Kier molecular flexibility index (Phi) is 6.46. The molecule has 3 aromatic heterocycles. The van der Waals surface area contributed by atoms with Gasteiger partial charge in [-0.25, -0.2) is 0 Å². The number of nitrogens with zero attached hydrogens (tertiary/aromatic N) is 2. The first-order valence-corrected chi connectivity index (χ1v) is 15.9. The maximum absolute atomic E-state index is 4.22. The molecule has 0 saturated heterocycles. The molecule has 6 aromatic carbocycles. The lowest BCUT2D eigenvalue weighted by Crippen LogP contribution is -1.88. The van der Waals surface area contributed by atoms with Gasteiger partial charge >= 0.3 is 0 Å². The Hall–Kier alpha value is -6.32. The standard InChI is InChI=1S/C44H29N3/c1-2-7-31(8-3-1)37-13-6-14-38-40(36-12-5-10-33(26-36)30-19-23-46-24-20-30)28-42-44(43(37)38)39-16-15-35(27-41(39)47-42)34-11-4-9-32(25-34)29-17-21-45-22-18-29/h1-28,47H. The second-order valence-corrected chi connectivity index (χ2v) is 12.0. The van der Waals surface area contributed by atoms with Crippen LogP contribution in [0.15, 0.2) is 170 Å². The number of benzene rings is 6. The van der Waals surface area contributed by atoms with E-state index in [2.05, 4.69) is 161 Å². The first kappa shape index (κ1) is 27.0. The molecular weight excluding hydrogens is 571 g/mol. The van der Waals surface area contributed by atoms with Gasteiger partial charge in [-0.05, 0) is 110 Å². The average Bonchev–Trinajstić information content (AvgIpc) is 3.53. The lowest BCUT2D eigenvalue weighted by atomic mass is 9.89. The third-order valence-corrected chi connectivity index (χ3v) is 9.20. The number of nitrogens with one attached hydrogen (secondary N) is 1. The Morgan fingerprint density at radius 3 is 1.60 bits per heavy atom. The Balaban J connectivity index is 1.28. The van der Waals surface area contributed by atoms with Crippen molar-refractivity contribution in [3.8, 4) is 55.6 Å². The number of pyridine rings is 2. The van der Waals surface area contributed by atoms with Crippen molar-refractivity contribution in [1.82, 2.24) is 15.0 Å². The van der Waals surface area contributed by atoms with Gasteiger partial charge in [-0.2, -0.15) is 0 Å². The topological polar surface area (TPSA) is 41.6 Å². The van der Waals surface area contributed by atoms with Gasteiger partial charge < -0.3 is 4.98 Å². The van der Waals surface area contributed by atoms with Crippen molar-refractivity contribution in [1.29, 1.82) is 0 Å². The van der Waals surface area contributed by atoms with E-state index in [9.17, 15) is 0 Å². The normalized spacial score (nSPS) is 11.4.